The van der Waals surface area contributed by atoms with Crippen LogP contribution in [0.5, 0.6) is 5.75 Å². The number of ether oxygens (including phenoxy) is 1. The Morgan fingerprint density at radius 3 is 2.62 bits per heavy atom. The number of halogens is 4. The summed E-state index contributed by atoms with van der Waals surface area (Å²) in [6.45, 7) is -0.721. The van der Waals surface area contributed by atoms with E-state index in [9.17, 15) is 13.2 Å². The monoisotopic (exact) mass is 254 g/mol. The van der Waals surface area contributed by atoms with Gasteiger partial charge in [-0.25, -0.2) is 13.2 Å². The minimum Gasteiger partial charge on any atom is -0.488 e. The third-order valence-electron chi connectivity index (χ3n) is 1.27. The lowest BCUT2D eigenvalue weighted by Gasteiger charge is -2.05. The summed E-state index contributed by atoms with van der Waals surface area (Å²) in [7, 11) is 0. The average Bonchev–Trinajstić information content (AvgIpc) is 2.07. The van der Waals surface area contributed by atoms with E-state index in [1.807, 2.05) is 0 Å². The first-order valence-corrected chi connectivity index (χ1v) is 4.25. The van der Waals surface area contributed by atoms with Crippen LogP contribution in [-0.2, 0) is 0 Å². The molecule has 0 atom stereocenters. The lowest BCUT2D eigenvalue weighted by molar-refractivity contribution is 0.0817. The maximum atomic E-state index is 12.8. The topological polar surface area (TPSA) is 9.23 Å². The van der Waals surface area contributed by atoms with E-state index in [4.69, 9.17) is 0 Å². The van der Waals surface area contributed by atoms with Crippen molar-refractivity contribution in [3.8, 4) is 5.75 Å². The number of hydrogen-bond acceptors (Lipinski definition) is 1. The molecule has 72 valence electrons. The molecule has 0 aromatic heterocycles. The van der Waals surface area contributed by atoms with Crippen LogP contribution < -0.4 is 4.74 Å². The van der Waals surface area contributed by atoms with Crippen molar-refractivity contribution in [3.63, 3.8) is 0 Å². The Balaban J connectivity index is 2.63. The van der Waals surface area contributed by atoms with Gasteiger partial charge in [-0.1, -0.05) is 0 Å². The molecular formula is C8H6BrF3O. The van der Waals surface area contributed by atoms with Crippen LogP contribution in [0.4, 0.5) is 13.2 Å². The van der Waals surface area contributed by atoms with Gasteiger partial charge in [-0.15, -0.1) is 0 Å². The first-order chi connectivity index (χ1) is 6.09. The molecule has 0 fully saturated rings. The minimum atomic E-state index is -2.55. The van der Waals surface area contributed by atoms with E-state index in [1.165, 1.54) is 12.1 Å². The van der Waals surface area contributed by atoms with Crippen molar-refractivity contribution in [2.24, 2.45) is 0 Å². The summed E-state index contributed by atoms with van der Waals surface area (Å²) in [4.78, 5) is 0. The Labute approximate surface area is 81.6 Å². The van der Waals surface area contributed by atoms with Crippen molar-refractivity contribution in [2.45, 2.75) is 6.43 Å². The fourth-order valence-electron chi connectivity index (χ4n) is 0.726. The highest BCUT2D eigenvalue weighted by molar-refractivity contribution is 9.10. The van der Waals surface area contributed by atoms with Gasteiger partial charge in [0.1, 0.15) is 18.2 Å². The summed E-state index contributed by atoms with van der Waals surface area (Å²) in [5.41, 5.74) is 0. The molecule has 1 aromatic carbocycles. The number of rotatable bonds is 3. The second-order valence-corrected chi connectivity index (χ2v) is 3.13. The quantitative estimate of drug-likeness (QED) is 0.805. The molecule has 0 spiro atoms. The van der Waals surface area contributed by atoms with Gasteiger partial charge < -0.3 is 4.74 Å². The maximum Gasteiger partial charge on any atom is 0.272 e. The molecular weight excluding hydrogens is 249 g/mol. The molecule has 1 rings (SSSR count). The summed E-state index contributed by atoms with van der Waals surface area (Å²) in [5, 5.41) is 0. The predicted octanol–water partition coefficient (Wildman–Crippen LogP) is 3.23. The molecule has 0 saturated heterocycles. The molecule has 1 aromatic rings. The molecule has 0 aliphatic heterocycles. The predicted molar refractivity (Wildman–Crippen MR) is 45.6 cm³/mol. The van der Waals surface area contributed by atoms with Crippen LogP contribution in [0, 0.1) is 5.82 Å². The summed E-state index contributed by atoms with van der Waals surface area (Å²) in [5.74, 6) is -0.437. The normalized spacial score (nSPS) is 10.5. The molecule has 0 aliphatic rings. The Morgan fingerprint density at radius 1 is 1.38 bits per heavy atom. The van der Waals surface area contributed by atoms with Crippen LogP contribution in [0.3, 0.4) is 0 Å². The number of benzene rings is 1. The van der Waals surface area contributed by atoms with Crippen LogP contribution in [0.2, 0.25) is 0 Å². The van der Waals surface area contributed by atoms with E-state index >= 15 is 0 Å². The molecule has 13 heavy (non-hydrogen) atoms. The van der Waals surface area contributed by atoms with E-state index in [0.717, 1.165) is 6.07 Å². The van der Waals surface area contributed by atoms with Gasteiger partial charge in [0.05, 0.1) is 4.47 Å². The molecule has 0 amide bonds. The molecule has 5 heteroatoms. The van der Waals surface area contributed by atoms with Crippen molar-refractivity contribution in [2.75, 3.05) is 6.61 Å². The van der Waals surface area contributed by atoms with Gasteiger partial charge in [-0.2, -0.15) is 0 Å². The van der Waals surface area contributed by atoms with Crippen LogP contribution >= 0.6 is 15.9 Å². The zero-order chi connectivity index (χ0) is 9.84. The summed E-state index contributed by atoms with van der Waals surface area (Å²) < 4.78 is 41.0. The van der Waals surface area contributed by atoms with Gasteiger partial charge in [0, 0.05) is 6.07 Å². The van der Waals surface area contributed by atoms with Gasteiger partial charge in [0.2, 0.25) is 0 Å². The van der Waals surface area contributed by atoms with Gasteiger partial charge in [-0.05, 0) is 28.1 Å². The first-order valence-electron chi connectivity index (χ1n) is 3.45. The van der Waals surface area contributed by atoms with Crippen molar-refractivity contribution in [1.29, 1.82) is 0 Å². The Morgan fingerprint density at radius 2 is 2.08 bits per heavy atom. The zero-order valence-corrected chi connectivity index (χ0v) is 8.02. The Kier molecular flexibility index (Phi) is 3.59. The molecule has 0 heterocycles. The Hall–Kier alpha value is -0.710. The lowest BCUT2D eigenvalue weighted by atomic mass is 10.3. The summed E-state index contributed by atoms with van der Waals surface area (Å²) in [6, 6.07) is 3.86. The van der Waals surface area contributed by atoms with Gasteiger partial charge in [0.25, 0.3) is 6.43 Å². The largest absolute Gasteiger partial charge is 0.488 e. The highest BCUT2D eigenvalue weighted by Gasteiger charge is 2.05. The molecule has 0 aliphatic carbocycles. The standard InChI is InChI=1S/C8H6BrF3O/c9-6-2-1-5(3-7(6)10)13-4-8(11)12/h1-3,8H,4H2. The molecule has 0 saturated carbocycles. The Bertz CT molecular complexity index is 291. The molecule has 0 unspecified atom stereocenters. The van der Waals surface area contributed by atoms with Crippen LogP contribution in [-0.4, -0.2) is 13.0 Å². The first kappa shape index (κ1) is 10.4. The van der Waals surface area contributed by atoms with E-state index < -0.39 is 18.8 Å². The van der Waals surface area contributed by atoms with Gasteiger partial charge in [-0.3, -0.25) is 0 Å². The number of hydrogen-bond donors (Lipinski definition) is 0. The third-order valence-corrected chi connectivity index (χ3v) is 1.91. The lowest BCUT2D eigenvalue weighted by Crippen LogP contribution is -2.06. The third kappa shape index (κ3) is 3.26. The van der Waals surface area contributed by atoms with Crippen LogP contribution in [0.1, 0.15) is 0 Å². The molecule has 0 radical (unpaired) electrons. The number of alkyl halides is 2. The van der Waals surface area contributed by atoms with Gasteiger partial charge in [0.15, 0.2) is 0 Å². The zero-order valence-electron chi connectivity index (χ0n) is 6.44. The van der Waals surface area contributed by atoms with Crippen molar-refractivity contribution >= 4 is 15.9 Å². The van der Waals surface area contributed by atoms with Crippen LogP contribution in [0.25, 0.3) is 0 Å². The highest BCUT2D eigenvalue weighted by Crippen LogP contribution is 2.21. The minimum absolute atomic E-state index is 0.0981. The second-order valence-electron chi connectivity index (χ2n) is 2.28. The summed E-state index contributed by atoms with van der Waals surface area (Å²) in [6.07, 6.45) is -2.55. The van der Waals surface area contributed by atoms with E-state index in [0.29, 0.717) is 0 Å². The van der Waals surface area contributed by atoms with E-state index in [1.54, 1.807) is 0 Å². The van der Waals surface area contributed by atoms with Crippen molar-refractivity contribution in [1.82, 2.24) is 0 Å². The van der Waals surface area contributed by atoms with Gasteiger partial charge >= 0.3 is 0 Å². The van der Waals surface area contributed by atoms with E-state index in [2.05, 4.69) is 20.7 Å². The summed E-state index contributed by atoms with van der Waals surface area (Å²) >= 11 is 2.93. The fourth-order valence-corrected chi connectivity index (χ4v) is 0.972. The SMILES string of the molecule is Fc1cc(OCC(F)F)ccc1Br. The van der Waals surface area contributed by atoms with E-state index in [-0.39, 0.29) is 10.2 Å². The average molecular weight is 255 g/mol. The maximum absolute atomic E-state index is 12.8. The molecule has 1 nitrogen and oxygen atoms in total. The molecule has 0 bridgehead atoms. The van der Waals surface area contributed by atoms with Crippen molar-refractivity contribution in [3.05, 3.63) is 28.5 Å². The highest BCUT2D eigenvalue weighted by atomic mass is 79.9. The smallest absolute Gasteiger partial charge is 0.272 e. The second kappa shape index (κ2) is 4.50. The fraction of sp³-hybridized carbons (Fsp3) is 0.250. The van der Waals surface area contributed by atoms with Crippen LogP contribution in [0.15, 0.2) is 22.7 Å². The van der Waals surface area contributed by atoms with Crippen molar-refractivity contribution < 1.29 is 17.9 Å². The molecule has 0 N–H and O–H groups in total.